The molecule has 0 saturated heterocycles. The molecule has 2 aromatic heterocycles. The molecule has 0 radical (unpaired) electrons. The fourth-order valence-corrected chi connectivity index (χ4v) is 2.57. The summed E-state index contributed by atoms with van der Waals surface area (Å²) in [5.74, 6) is 0.0355. The summed E-state index contributed by atoms with van der Waals surface area (Å²) >= 11 is 0. The molecule has 1 aromatic carbocycles. The maximum Gasteiger partial charge on any atom is 0.274 e. The molecule has 0 aliphatic heterocycles. The van der Waals surface area contributed by atoms with Crippen molar-refractivity contribution in [1.29, 1.82) is 0 Å². The van der Waals surface area contributed by atoms with Gasteiger partial charge < -0.3 is 15.4 Å². The van der Waals surface area contributed by atoms with E-state index in [0.29, 0.717) is 17.8 Å². The zero-order chi connectivity index (χ0) is 20.6. The van der Waals surface area contributed by atoms with Crippen LogP contribution in [0.25, 0.3) is 0 Å². The first-order valence-corrected chi connectivity index (χ1v) is 9.22. The van der Waals surface area contributed by atoms with Crippen molar-refractivity contribution in [3.63, 3.8) is 0 Å². The number of carbonyl (C=O) groups is 2. The van der Waals surface area contributed by atoms with E-state index in [1.807, 2.05) is 19.9 Å². The molecule has 0 saturated carbocycles. The summed E-state index contributed by atoms with van der Waals surface area (Å²) in [5.41, 5.74) is 2.01. The van der Waals surface area contributed by atoms with E-state index in [-0.39, 0.29) is 17.7 Å². The predicted octanol–water partition coefficient (Wildman–Crippen LogP) is 3.45. The van der Waals surface area contributed by atoms with Gasteiger partial charge in [0.05, 0.1) is 6.10 Å². The van der Waals surface area contributed by atoms with Gasteiger partial charge >= 0.3 is 0 Å². The van der Waals surface area contributed by atoms with E-state index in [1.54, 1.807) is 48.8 Å². The molecule has 0 aliphatic carbocycles. The molecule has 3 aromatic rings. The van der Waals surface area contributed by atoms with Gasteiger partial charge in [-0.1, -0.05) is 6.07 Å². The van der Waals surface area contributed by atoms with E-state index in [1.165, 1.54) is 12.3 Å². The number of hydrogen-bond donors (Lipinski definition) is 2. The molecule has 0 bridgehead atoms. The largest absolute Gasteiger partial charge is 0.491 e. The Labute approximate surface area is 169 Å². The number of ether oxygens (including phenoxy) is 1. The molecule has 29 heavy (non-hydrogen) atoms. The molecule has 0 spiro atoms. The first kappa shape index (κ1) is 20.0. The molecular formula is C22H22N4O3. The Balaban J connectivity index is 1.62. The molecule has 2 amide bonds. The second-order valence-electron chi connectivity index (χ2n) is 6.62. The van der Waals surface area contributed by atoms with Crippen molar-refractivity contribution >= 4 is 17.5 Å². The lowest BCUT2D eigenvalue weighted by atomic mass is 10.2. The molecule has 3 rings (SSSR count). The summed E-state index contributed by atoms with van der Waals surface area (Å²) < 4.78 is 5.58. The minimum atomic E-state index is -0.399. The van der Waals surface area contributed by atoms with Crippen molar-refractivity contribution in [3.05, 3.63) is 83.9 Å². The van der Waals surface area contributed by atoms with Gasteiger partial charge in [0, 0.05) is 36.4 Å². The number of pyridine rings is 2. The van der Waals surface area contributed by atoms with E-state index in [0.717, 1.165) is 11.3 Å². The van der Waals surface area contributed by atoms with Gasteiger partial charge in [0.2, 0.25) is 0 Å². The number of aromatic nitrogens is 2. The zero-order valence-corrected chi connectivity index (χ0v) is 16.3. The van der Waals surface area contributed by atoms with Gasteiger partial charge in [-0.15, -0.1) is 0 Å². The maximum atomic E-state index is 12.5. The molecule has 148 valence electrons. The second-order valence-corrected chi connectivity index (χ2v) is 6.62. The van der Waals surface area contributed by atoms with Gasteiger partial charge in [-0.05, 0) is 61.9 Å². The molecule has 0 aliphatic rings. The highest BCUT2D eigenvalue weighted by molar-refractivity contribution is 6.04. The Morgan fingerprint density at radius 1 is 1.03 bits per heavy atom. The summed E-state index contributed by atoms with van der Waals surface area (Å²) in [6, 6.07) is 13.8. The van der Waals surface area contributed by atoms with Crippen LogP contribution in [0, 0.1) is 0 Å². The Morgan fingerprint density at radius 2 is 1.83 bits per heavy atom. The van der Waals surface area contributed by atoms with Crippen LogP contribution in [-0.2, 0) is 6.54 Å². The molecule has 7 nitrogen and oxygen atoms in total. The average Bonchev–Trinajstić information content (AvgIpc) is 2.74. The van der Waals surface area contributed by atoms with Crippen LogP contribution in [0.3, 0.4) is 0 Å². The van der Waals surface area contributed by atoms with E-state index in [4.69, 9.17) is 4.74 Å². The van der Waals surface area contributed by atoms with Crippen LogP contribution < -0.4 is 15.4 Å². The lowest BCUT2D eigenvalue weighted by Crippen LogP contribution is -2.23. The number of carbonyl (C=O) groups excluding carboxylic acids is 2. The van der Waals surface area contributed by atoms with Crippen molar-refractivity contribution in [3.8, 4) is 5.75 Å². The van der Waals surface area contributed by atoms with Crippen LogP contribution in [0.2, 0.25) is 0 Å². The fraction of sp³-hybridized carbons (Fsp3) is 0.182. The van der Waals surface area contributed by atoms with Crippen molar-refractivity contribution in [2.75, 3.05) is 5.32 Å². The van der Waals surface area contributed by atoms with Crippen LogP contribution in [0.1, 0.15) is 40.3 Å². The summed E-state index contributed by atoms with van der Waals surface area (Å²) in [5, 5.41) is 5.57. The first-order valence-electron chi connectivity index (χ1n) is 9.22. The predicted molar refractivity (Wildman–Crippen MR) is 110 cm³/mol. The highest BCUT2D eigenvalue weighted by Crippen LogP contribution is 2.17. The van der Waals surface area contributed by atoms with Crippen LogP contribution in [-0.4, -0.2) is 27.9 Å². The van der Waals surface area contributed by atoms with Gasteiger partial charge in [-0.2, -0.15) is 0 Å². The molecular weight excluding hydrogens is 368 g/mol. The van der Waals surface area contributed by atoms with Crippen LogP contribution in [0.15, 0.2) is 67.1 Å². The molecule has 0 fully saturated rings. The quantitative estimate of drug-likeness (QED) is 0.645. The number of anilines is 1. The van der Waals surface area contributed by atoms with Crippen LogP contribution >= 0.6 is 0 Å². The normalized spacial score (nSPS) is 10.4. The standard InChI is InChI=1S/C22H22N4O3/c1-15(2)29-19-7-5-18(6-8-19)26-22(28)20-12-17(9-11-24-20)21(27)25-14-16-4-3-10-23-13-16/h3-13,15H,14H2,1-2H3,(H,25,27)(H,26,28). The number of nitrogens with zero attached hydrogens (tertiary/aromatic N) is 2. The smallest absolute Gasteiger partial charge is 0.274 e. The summed E-state index contributed by atoms with van der Waals surface area (Å²) in [4.78, 5) is 32.9. The Bertz CT molecular complexity index is 973. The van der Waals surface area contributed by atoms with E-state index in [9.17, 15) is 9.59 Å². The van der Waals surface area contributed by atoms with Crippen LogP contribution in [0.4, 0.5) is 5.69 Å². The SMILES string of the molecule is CC(C)Oc1ccc(NC(=O)c2cc(C(=O)NCc3cccnc3)ccn2)cc1. The number of rotatable bonds is 7. The van der Waals surface area contributed by atoms with E-state index < -0.39 is 5.91 Å². The van der Waals surface area contributed by atoms with Crippen LogP contribution in [0.5, 0.6) is 5.75 Å². The minimum Gasteiger partial charge on any atom is -0.491 e. The first-order chi connectivity index (χ1) is 14.0. The third-order valence-electron chi connectivity index (χ3n) is 3.91. The summed E-state index contributed by atoms with van der Waals surface area (Å²) in [6.45, 7) is 4.24. The molecule has 7 heteroatoms. The Hall–Kier alpha value is -3.74. The topological polar surface area (TPSA) is 93.2 Å². The fourth-order valence-electron chi connectivity index (χ4n) is 2.57. The van der Waals surface area contributed by atoms with Gasteiger partial charge in [-0.25, -0.2) is 0 Å². The minimum absolute atomic E-state index is 0.0756. The maximum absolute atomic E-state index is 12.5. The highest BCUT2D eigenvalue weighted by atomic mass is 16.5. The van der Waals surface area contributed by atoms with Gasteiger partial charge in [0.15, 0.2) is 0 Å². The monoisotopic (exact) mass is 390 g/mol. The Kier molecular flexibility index (Phi) is 6.52. The second kappa shape index (κ2) is 9.45. The van der Waals surface area contributed by atoms with Crippen molar-refractivity contribution in [2.45, 2.75) is 26.5 Å². The van der Waals surface area contributed by atoms with E-state index >= 15 is 0 Å². The van der Waals surface area contributed by atoms with Crippen molar-refractivity contribution in [1.82, 2.24) is 15.3 Å². The summed E-state index contributed by atoms with van der Waals surface area (Å²) in [6.07, 6.45) is 4.87. The third kappa shape index (κ3) is 5.87. The lowest BCUT2D eigenvalue weighted by Gasteiger charge is -2.11. The number of amides is 2. The molecule has 2 heterocycles. The number of hydrogen-bond acceptors (Lipinski definition) is 5. The van der Waals surface area contributed by atoms with Crippen molar-refractivity contribution < 1.29 is 14.3 Å². The Morgan fingerprint density at radius 3 is 2.52 bits per heavy atom. The molecule has 0 atom stereocenters. The lowest BCUT2D eigenvalue weighted by molar-refractivity contribution is 0.0950. The average molecular weight is 390 g/mol. The van der Waals surface area contributed by atoms with E-state index in [2.05, 4.69) is 20.6 Å². The zero-order valence-electron chi connectivity index (χ0n) is 16.3. The number of benzene rings is 1. The molecule has 0 unspecified atom stereocenters. The van der Waals surface area contributed by atoms with Gasteiger partial charge in [0.1, 0.15) is 11.4 Å². The number of nitrogens with one attached hydrogen (secondary N) is 2. The van der Waals surface area contributed by atoms with Gasteiger partial charge in [-0.3, -0.25) is 19.6 Å². The highest BCUT2D eigenvalue weighted by Gasteiger charge is 2.12. The van der Waals surface area contributed by atoms with Crippen molar-refractivity contribution in [2.24, 2.45) is 0 Å². The molecule has 2 N–H and O–H groups in total. The third-order valence-corrected chi connectivity index (χ3v) is 3.91. The van der Waals surface area contributed by atoms with Gasteiger partial charge in [0.25, 0.3) is 11.8 Å². The summed E-state index contributed by atoms with van der Waals surface area (Å²) in [7, 11) is 0.